The molecule has 2 nitrogen and oxygen atoms in total. The van der Waals surface area contributed by atoms with Crippen LogP contribution in [0.15, 0.2) is 34.7 Å². The molecule has 0 atom stereocenters. The number of aryl methyl sites for hydroxylation is 2. The van der Waals surface area contributed by atoms with Crippen LogP contribution in [0.3, 0.4) is 0 Å². The summed E-state index contributed by atoms with van der Waals surface area (Å²) in [4.78, 5) is 4.55. The molecule has 1 heterocycles. The molecule has 0 saturated heterocycles. The van der Waals surface area contributed by atoms with Gasteiger partial charge in [0.25, 0.3) is 0 Å². The highest BCUT2D eigenvalue weighted by atomic mass is 127. The zero-order valence-corrected chi connectivity index (χ0v) is 13.4. The quantitative estimate of drug-likeness (QED) is 0.528. The molecular weight excluding hydrogens is 373 g/mol. The number of hydrogen-bond donors (Lipinski definition) is 0. The lowest BCUT2D eigenvalue weighted by molar-refractivity contribution is 0.617. The molecule has 96 valence electrons. The Morgan fingerprint density at radius 2 is 1.95 bits per heavy atom. The topological polar surface area (TPSA) is 26.0 Å². The number of oxazole rings is 1. The van der Waals surface area contributed by atoms with Crippen LogP contribution in [0, 0.1) is 17.4 Å². The van der Waals surface area contributed by atoms with Crippen LogP contribution in [0.4, 0.5) is 0 Å². The molecule has 4 heteroatoms. The summed E-state index contributed by atoms with van der Waals surface area (Å²) in [6.07, 6.45) is 0. The molecule has 0 aliphatic carbocycles. The van der Waals surface area contributed by atoms with E-state index in [9.17, 15) is 0 Å². The molecule has 0 amide bonds. The summed E-state index contributed by atoms with van der Waals surface area (Å²) >= 11 is 8.48. The first-order chi connectivity index (χ1) is 9.04. The van der Waals surface area contributed by atoms with E-state index in [-0.39, 0.29) is 0 Å². The van der Waals surface area contributed by atoms with E-state index in [1.807, 2.05) is 31.2 Å². The first-order valence-corrected chi connectivity index (χ1v) is 7.33. The Morgan fingerprint density at radius 1 is 1.16 bits per heavy atom. The van der Waals surface area contributed by atoms with Crippen molar-refractivity contribution in [2.75, 3.05) is 0 Å². The maximum atomic E-state index is 6.23. The van der Waals surface area contributed by atoms with Crippen LogP contribution < -0.4 is 0 Å². The molecule has 0 aliphatic rings. The summed E-state index contributed by atoms with van der Waals surface area (Å²) in [5.74, 6) is 0.576. The van der Waals surface area contributed by atoms with Crippen molar-refractivity contribution in [1.82, 2.24) is 4.98 Å². The van der Waals surface area contributed by atoms with Crippen LogP contribution in [0.1, 0.15) is 11.1 Å². The van der Waals surface area contributed by atoms with Crippen molar-refractivity contribution < 1.29 is 4.42 Å². The zero-order chi connectivity index (χ0) is 13.6. The Hall–Kier alpha value is -1.07. The molecule has 0 bridgehead atoms. The highest BCUT2D eigenvalue weighted by Gasteiger charge is 2.13. The second kappa shape index (κ2) is 4.80. The smallest absolute Gasteiger partial charge is 0.228 e. The third-order valence-corrected chi connectivity index (χ3v) is 3.98. The zero-order valence-electron chi connectivity index (χ0n) is 10.5. The van der Waals surface area contributed by atoms with Crippen LogP contribution >= 0.6 is 34.2 Å². The molecule has 3 aromatic rings. The Bertz CT molecular complexity index is 779. The predicted molar refractivity (Wildman–Crippen MR) is 86.6 cm³/mol. The fourth-order valence-corrected chi connectivity index (χ4v) is 2.84. The summed E-state index contributed by atoms with van der Waals surface area (Å²) in [6.45, 7) is 4.08. The van der Waals surface area contributed by atoms with Gasteiger partial charge in [0.2, 0.25) is 5.89 Å². The van der Waals surface area contributed by atoms with E-state index >= 15 is 0 Å². The standard InChI is InChI=1S/C15H11ClINO/c1-8-5-9(2)14-13(6-8)18-15(19-14)11-7-10(17)3-4-12(11)16/h3-7H,1-2H3. The number of hydrogen-bond acceptors (Lipinski definition) is 2. The Labute approximate surface area is 129 Å². The first kappa shape index (κ1) is 12.9. The normalized spacial score (nSPS) is 11.2. The van der Waals surface area contributed by atoms with Crippen LogP contribution in [0.2, 0.25) is 5.02 Å². The van der Waals surface area contributed by atoms with Gasteiger partial charge in [-0.25, -0.2) is 4.98 Å². The summed E-state index contributed by atoms with van der Waals surface area (Å²) in [6, 6.07) is 9.93. The molecule has 0 spiro atoms. The van der Waals surface area contributed by atoms with E-state index < -0.39 is 0 Å². The summed E-state index contributed by atoms with van der Waals surface area (Å²) in [5.41, 5.74) is 4.81. The van der Waals surface area contributed by atoms with Gasteiger partial charge in [-0.2, -0.15) is 0 Å². The molecule has 0 N–H and O–H groups in total. The van der Waals surface area contributed by atoms with Crippen LogP contribution in [-0.2, 0) is 0 Å². The van der Waals surface area contributed by atoms with Crippen LogP contribution in [-0.4, -0.2) is 4.98 Å². The molecule has 0 aliphatic heterocycles. The molecule has 2 aromatic carbocycles. The largest absolute Gasteiger partial charge is 0.436 e. The minimum atomic E-state index is 0.576. The van der Waals surface area contributed by atoms with Gasteiger partial charge in [0, 0.05) is 3.57 Å². The highest BCUT2D eigenvalue weighted by Crippen LogP contribution is 2.32. The van der Waals surface area contributed by atoms with Crippen molar-refractivity contribution in [3.8, 4) is 11.5 Å². The third-order valence-electron chi connectivity index (χ3n) is 2.98. The number of nitrogens with zero attached hydrogens (tertiary/aromatic N) is 1. The lowest BCUT2D eigenvalue weighted by atomic mass is 10.1. The number of fused-ring (bicyclic) bond motifs is 1. The predicted octanol–water partition coefficient (Wildman–Crippen LogP) is 5.37. The molecule has 0 fully saturated rings. The van der Waals surface area contributed by atoms with Gasteiger partial charge in [-0.1, -0.05) is 17.7 Å². The third kappa shape index (κ3) is 2.37. The molecule has 0 unspecified atom stereocenters. The second-order valence-corrected chi connectivity index (χ2v) is 6.23. The second-order valence-electron chi connectivity index (χ2n) is 4.57. The maximum Gasteiger partial charge on any atom is 0.228 e. The number of rotatable bonds is 1. The highest BCUT2D eigenvalue weighted by molar-refractivity contribution is 14.1. The van der Waals surface area contributed by atoms with Gasteiger partial charge >= 0.3 is 0 Å². The van der Waals surface area contributed by atoms with Crippen molar-refractivity contribution in [2.24, 2.45) is 0 Å². The van der Waals surface area contributed by atoms with Crippen molar-refractivity contribution in [1.29, 1.82) is 0 Å². The van der Waals surface area contributed by atoms with Gasteiger partial charge in [0.15, 0.2) is 5.58 Å². The van der Waals surface area contributed by atoms with Gasteiger partial charge in [-0.15, -0.1) is 0 Å². The Morgan fingerprint density at radius 3 is 2.74 bits per heavy atom. The summed E-state index contributed by atoms with van der Waals surface area (Å²) in [5, 5.41) is 0.654. The fraction of sp³-hybridized carbons (Fsp3) is 0.133. The summed E-state index contributed by atoms with van der Waals surface area (Å²) < 4.78 is 6.98. The minimum Gasteiger partial charge on any atom is -0.436 e. The molecule has 0 saturated carbocycles. The van der Waals surface area contributed by atoms with Gasteiger partial charge in [-0.05, 0) is 71.8 Å². The van der Waals surface area contributed by atoms with E-state index in [1.54, 1.807) is 0 Å². The molecule has 19 heavy (non-hydrogen) atoms. The maximum absolute atomic E-state index is 6.23. The van der Waals surface area contributed by atoms with Crippen molar-refractivity contribution in [3.05, 3.63) is 50.1 Å². The first-order valence-electron chi connectivity index (χ1n) is 5.88. The fourth-order valence-electron chi connectivity index (χ4n) is 2.15. The number of aromatic nitrogens is 1. The van der Waals surface area contributed by atoms with Crippen LogP contribution in [0.25, 0.3) is 22.6 Å². The van der Waals surface area contributed by atoms with E-state index in [2.05, 4.69) is 40.6 Å². The summed E-state index contributed by atoms with van der Waals surface area (Å²) in [7, 11) is 0. The lowest BCUT2D eigenvalue weighted by Gasteiger charge is -1.99. The average Bonchev–Trinajstić information content (AvgIpc) is 2.76. The molecule has 0 radical (unpaired) electrons. The van der Waals surface area contributed by atoms with Crippen molar-refractivity contribution >= 4 is 45.3 Å². The SMILES string of the molecule is Cc1cc(C)c2oc(-c3cc(I)ccc3Cl)nc2c1. The van der Waals surface area contributed by atoms with Crippen molar-refractivity contribution in [2.45, 2.75) is 13.8 Å². The van der Waals surface area contributed by atoms with E-state index in [1.165, 1.54) is 5.56 Å². The molecular formula is C15H11ClINO. The van der Waals surface area contributed by atoms with Gasteiger partial charge in [0.1, 0.15) is 5.52 Å². The molecule has 1 aromatic heterocycles. The molecule has 3 rings (SSSR count). The lowest BCUT2D eigenvalue weighted by Crippen LogP contribution is -1.81. The van der Waals surface area contributed by atoms with Gasteiger partial charge in [0.05, 0.1) is 10.6 Å². The number of benzene rings is 2. The average molecular weight is 384 g/mol. The van der Waals surface area contributed by atoms with Crippen LogP contribution in [0.5, 0.6) is 0 Å². The van der Waals surface area contributed by atoms with E-state index in [0.717, 1.165) is 25.8 Å². The Kier molecular flexibility index (Phi) is 3.27. The number of halogens is 2. The van der Waals surface area contributed by atoms with Crippen molar-refractivity contribution in [3.63, 3.8) is 0 Å². The van der Waals surface area contributed by atoms with Gasteiger partial charge in [-0.3, -0.25) is 0 Å². The monoisotopic (exact) mass is 383 g/mol. The van der Waals surface area contributed by atoms with E-state index in [4.69, 9.17) is 16.0 Å². The Balaban J connectivity index is 2.26. The van der Waals surface area contributed by atoms with Gasteiger partial charge < -0.3 is 4.42 Å². The van der Waals surface area contributed by atoms with E-state index in [0.29, 0.717) is 10.9 Å². The minimum absolute atomic E-state index is 0.576.